The number of aromatic nitrogens is 1. The molecular weight excluding hydrogens is 246 g/mol. The van der Waals surface area contributed by atoms with Crippen molar-refractivity contribution in [3.05, 3.63) is 24.4 Å². The molecule has 1 unspecified atom stereocenters. The maximum atomic E-state index is 11.8. The Kier molecular flexibility index (Phi) is 2.45. The van der Waals surface area contributed by atoms with Gasteiger partial charge in [0.25, 0.3) is 0 Å². The van der Waals surface area contributed by atoms with Crippen LogP contribution in [0.5, 0.6) is 5.88 Å². The summed E-state index contributed by atoms with van der Waals surface area (Å²) in [6.45, 7) is 0. The van der Waals surface area contributed by atoms with Gasteiger partial charge in [-0.1, -0.05) is 0 Å². The Bertz CT molecular complexity index is 690. The summed E-state index contributed by atoms with van der Waals surface area (Å²) in [4.78, 5) is 22.9. The molecule has 1 atom stereocenters. The molecule has 0 aliphatic carbocycles. The quantitative estimate of drug-likeness (QED) is 0.523. The number of nitrogens with one attached hydrogen (secondary N) is 1. The fourth-order valence-corrected chi connectivity index (χ4v) is 2.43. The van der Waals surface area contributed by atoms with Crippen molar-refractivity contribution in [3.63, 3.8) is 0 Å². The van der Waals surface area contributed by atoms with Crippen LogP contribution in [0, 0.1) is 0 Å². The molecule has 1 saturated heterocycles. The van der Waals surface area contributed by atoms with Gasteiger partial charge in [0.15, 0.2) is 5.88 Å². The molecule has 1 aromatic heterocycles. The van der Waals surface area contributed by atoms with Crippen LogP contribution in [-0.2, 0) is 9.59 Å². The first kappa shape index (κ1) is 11.6. The van der Waals surface area contributed by atoms with Gasteiger partial charge >= 0.3 is 0 Å². The number of rotatable bonds is 1. The number of hydrogen-bond donors (Lipinski definition) is 3. The van der Waals surface area contributed by atoms with Gasteiger partial charge in [-0.25, -0.2) is 0 Å². The molecule has 0 radical (unpaired) electrons. The molecule has 1 fully saturated rings. The summed E-state index contributed by atoms with van der Waals surface area (Å²) in [7, 11) is 0. The number of amides is 2. The highest BCUT2D eigenvalue weighted by atomic mass is 16.3. The molecule has 1 aliphatic rings. The van der Waals surface area contributed by atoms with Crippen LogP contribution in [-0.4, -0.2) is 21.5 Å². The molecule has 19 heavy (non-hydrogen) atoms. The summed E-state index contributed by atoms with van der Waals surface area (Å²) in [6.07, 6.45) is 2.34. The van der Waals surface area contributed by atoms with Crippen molar-refractivity contribution in [2.24, 2.45) is 0 Å². The van der Waals surface area contributed by atoms with E-state index in [2.05, 4.69) is 5.32 Å². The fraction of sp³-hybridized carbons (Fsp3) is 0.231. The van der Waals surface area contributed by atoms with E-state index in [1.165, 1.54) is 4.57 Å². The van der Waals surface area contributed by atoms with E-state index >= 15 is 0 Å². The zero-order valence-electron chi connectivity index (χ0n) is 10.1. The second kappa shape index (κ2) is 4.01. The highest BCUT2D eigenvalue weighted by Crippen LogP contribution is 2.33. The van der Waals surface area contributed by atoms with Crippen molar-refractivity contribution < 1.29 is 14.7 Å². The number of benzene rings is 1. The van der Waals surface area contributed by atoms with Gasteiger partial charge < -0.3 is 15.4 Å². The predicted molar refractivity (Wildman–Crippen MR) is 69.4 cm³/mol. The van der Waals surface area contributed by atoms with Gasteiger partial charge in [0, 0.05) is 29.1 Å². The van der Waals surface area contributed by atoms with Crippen LogP contribution < -0.4 is 11.1 Å². The molecule has 6 nitrogen and oxygen atoms in total. The summed E-state index contributed by atoms with van der Waals surface area (Å²) in [5, 5.41) is 13.9. The number of imide groups is 1. The smallest absolute Gasteiger partial charge is 0.249 e. The van der Waals surface area contributed by atoms with Gasteiger partial charge in [-0.3, -0.25) is 14.9 Å². The third-order valence-corrected chi connectivity index (χ3v) is 3.39. The molecular formula is C13H13N3O3. The first-order chi connectivity index (χ1) is 9.06. The Morgan fingerprint density at radius 1 is 1.37 bits per heavy atom. The SMILES string of the molecule is Nc1ccc2c(O)n(C3CCC(=O)NC3=O)cc2c1. The molecule has 1 aliphatic heterocycles. The second-order valence-corrected chi connectivity index (χ2v) is 4.67. The Labute approximate surface area is 108 Å². The molecule has 98 valence electrons. The topological polar surface area (TPSA) is 97.3 Å². The van der Waals surface area contributed by atoms with E-state index in [1.54, 1.807) is 24.4 Å². The summed E-state index contributed by atoms with van der Waals surface area (Å²) in [5.74, 6) is -0.647. The number of aromatic hydroxyl groups is 1. The van der Waals surface area contributed by atoms with Crippen LogP contribution in [0.1, 0.15) is 18.9 Å². The van der Waals surface area contributed by atoms with Crippen LogP contribution in [0.3, 0.4) is 0 Å². The lowest BCUT2D eigenvalue weighted by molar-refractivity contribution is -0.135. The zero-order valence-corrected chi connectivity index (χ0v) is 10.1. The number of nitrogens with two attached hydrogens (primary N) is 1. The van der Waals surface area contributed by atoms with Crippen LogP contribution >= 0.6 is 0 Å². The maximum absolute atomic E-state index is 11.8. The average Bonchev–Trinajstić information content (AvgIpc) is 2.66. The van der Waals surface area contributed by atoms with Gasteiger partial charge in [0.05, 0.1) is 0 Å². The van der Waals surface area contributed by atoms with Crippen molar-refractivity contribution in [2.75, 3.05) is 5.73 Å². The van der Waals surface area contributed by atoms with Crippen LogP contribution in [0.15, 0.2) is 24.4 Å². The van der Waals surface area contributed by atoms with Crippen LogP contribution in [0.2, 0.25) is 0 Å². The normalized spacial score (nSPS) is 19.7. The van der Waals surface area contributed by atoms with Gasteiger partial charge in [-0.05, 0) is 24.6 Å². The number of fused-ring (bicyclic) bond motifs is 1. The molecule has 4 N–H and O–H groups in total. The molecule has 0 spiro atoms. The lowest BCUT2D eigenvalue weighted by Crippen LogP contribution is -2.41. The van der Waals surface area contributed by atoms with Gasteiger partial charge in [-0.2, -0.15) is 0 Å². The van der Waals surface area contributed by atoms with E-state index in [4.69, 9.17) is 5.73 Å². The molecule has 6 heteroatoms. The highest BCUT2D eigenvalue weighted by Gasteiger charge is 2.29. The highest BCUT2D eigenvalue weighted by molar-refractivity contribution is 6.00. The largest absolute Gasteiger partial charge is 0.494 e. The van der Waals surface area contributed by atoms with Crippen molar-refractivity contribution >= 4 is 28.3 Å². The Balaban J connectivity index is 2.07. The Morgan fingerprint density at radius 3 is 2.89 bits per heavy atom. The van der Waals surface area contributed by atoms with E-state index in [1.807, 2.05) is 0 Å². The number of hydrogen-bond acceptors (Lipinski definition) is 4. The number of nitrogens with zero attached hydrogens (tertiary/aromatic N) is 1. The first-order valence-corrected chi connectivity index (χ1v) is 5.99. The van der Waals surface area contributed by atoms with Crippen LogP contribution in [0.4, 0.5) is 5.69 Å². The summed E-state index contributed by atoms with van der Waals surface area (Å²) in [6, 6.07) is 4.57. The second-order valence-electron chi connectivity index (χ2n) is 4.67. The van der Waals surface area contributed by atoms with E-state index < -0.39 is 6.04 Å². The lowest BCUT2D eigenvalue weighted by Gasteiger charge is -2.22. The minimum Gasteiger partial charge on any atom is -0.494 e. The minimum atomic E-state index is -0.564. The summed E-state index contributed by atoms with van der Waals surface area (Å²) < 4.78 is 1.49. The molecule has 3 rings (SSSR count). The van der Waals surface area contributed by atoms with Gasteiger partial charge in [0.1, 0.15) is 6.04 Å². The maximum Gasteiger partial charge on any atom is 0.249 e. The predicted octanol–water partition coefficient (Wildman–Crippen LogP) is 0.907. The van der Waals surface area contributed by atoms with Crippen LogP contribution in [0.25, 0.3) is 10.8 Å². The number of nitrogen functional groups attached to an aromatic ring is 1. The number of carbonyl (C=O) groups is 2. The van der Waals surface area contributed by atoms with Gasteiger partial charge in [0.2, 0.25) is 11.8 Å². The number of piperidine rings is 1. The van der Waals surface area contributed by atoms with Crippen molar-refractivity contribution in [3.8, 4) is 5.88 Å². The van der Waals surface area contributed by atoms with Crippen molar-refractivity contribution in [1.82, 2.24) is 9.88 Å². The van der Waals surface area contributed by atoms with E-state index in [0.29, 0.717) is 17.5 Å². The standard InChI is InChI=1S/C13H13N3O3/c14-8-1-2-9-7(5-8)6-16(13(9)19)10-3-4-11(17)15-12(10)18/h1-2,5-6,10,19H,3-4,14H2,(H,15,17,18). The van der Waals surface area contributed by atoms with Crippen molar-refractivity contribution in [2.45, 2.75) is 18.9 Å². The van der Waals surface area contributed by atoms with E-state index in [-0.39, 0.29) is 24.1 Å². The number of carbonyl (C=O) groups excluding carboxylic acids is 2. The average molecular weight is 259 g/mol. The lowest BCUT2D eigenvalue weighted by atomic mass is 10.1. The van der Waals surface area contributed by atoms with Crippen molar-refractivity contribution in [1.29, 1.82) is 0 Å². The summed E-state index contributed by atoms with van der Waals surface area (Å²) in [5.41, 5.74) is 6.28. The third kappa shape index (κ3) is 1.81. The summed E-state index contributed by atoms with van der Waals surface area (Å²) >= 11 is 0. The molecule has 0 saturated carbocycles. The third-order valence-electron chi connectivity index (χ3n) is 3.39. The molecule has 0 bridgehead atoms. The van der Waals surface area contributed by atoms with E-state index in [9.17, 15) is 14.7 Å². The van der Waals surface area contributed by atoms with Gasteiger partial charge in [-0.15, -0.1) is 0 Å². The Morgan fingerprint density at radius 2 is 2.16 bits per heavy atom. The monoisotopic (exact) mass is 259 g/mol. The fourth-order valence-electron chi connectivity index (χ4n) is 2.43. The number of anilines is 1. The first-order valence-electron chi connectivity index (χ1n) is 5.99. The Hall–Kier alpha value is -2.50. The minimum absolute atomic E-state index is 0.0181. The van der Waals surface area contributed by atoms with E-state index in [0.717, 1.165) is 5.39 Å². The zero-order chi connectivity index (χ0) is 13.6. The molecule has 2 heterocycles. The molecule has 1 aromatic carbocycles. The molecule has 2 aromatic rings. The molecule has 2 amide bonds.